The van der Waals surface area contributed by atoms with Crippen LogP contribution < -0.4 is 5.32 Å². The molecule has 8 heteroatoms. The standard InChI is InChI=1S/C17H13FN2O3S2/c1-10-13(20(22)23)9-15(25-10)17(21)19-16(14-3-2-8-24-14)11-4-6-12(18)7-5-11/h2-9,16H,1H3,(H,19,21). The van der Waals surface area contributed by atoms with Crippen molar-refractivity contribution in [2.45, 2.75) is 13.0 Å². The molecule has 0 aliphatic rings. The maximum absolute atomic E-state index is 13.2. The molecule has 0 spiro atoms. The van der Waals surface area contributed by atoms with Gasteiger partial charge in [-0.15, -0.1) is 22.7 Å². The number of carbonyl (C=O) groups is 1. The molecule has 3 rings (SSSR count). The van der Waals surface area contributed by atoms with E-state index in [4.69, 9.17) is 0 Å². The van der Waals surface area contributed by atoms with Crippen molar-refractivity contribution >= 4 is 34.3 Å². The summed E-state index contributed by atoms with van der Waals surface area (Å²) in [7, 11) is 0. The van der Waals surface area contributed by atoms with Gasteiger partial charge in [-0.2, -0.15) is 0 Å². The molecule has 25 heavy (non-hydrogen) atoms. The van der Waals surface area contributed by atoms with Crippen LogP contribution in [0, 0.1) is 22.9 Å². The minimum atomic E-state index is -0.501. The van der Waals surface area contributed by atoms with E-state index in [0.29, 0.717) is 4.88 Å². The first-order valence-electron chi connectivity index (χ1n) is 7.30. The average Bonchev–Trinajstić information content (AvgIpc) is 3.23. The minimum Gasteiger partial charge on any atom is -0.340 e. The van der Waals surface area contributed by atoms with E-state index in [0.717, 1.165) is 21.8 Å². The van der Waals surface area contributed by atoms with Crippen LogP contribution in [0.2, 0.25) is 0 Å². The molecule has 1 N–H and O–H groups in total. The first-order chi connectivity index (χ1) is 12.0. The maximum Gasteiger partial charge on any atom is 0.283 e. The third-order valence-electron chi connectivity index (χ3n) is 3.62. The number of carbonyl (C=O) groups excluding carboxylic acids is 1. The Morgan fingerprint density at radius 1 is 1.28 bits per heavy atom. The molecule has 3 aromatic rings. The smallest absolute Gasteiger partial charge is 0.283 e. The van der Waals surface area contributed by atoms with Gasteiger partial charge in [0.1, 0.15) is 5.82 Å². The summed E-state index contributed by atoms with van der Waals surface area (Å²) < 4.78 is 13.2. The topological polar surface area (TPSA) is 72.2 Å². The molecule has 5 nitrogen and oxygen atoms in total. The lowest BCUT2D eigenvalue weighted by Crippen LogP contribution is -2.28. The van der Waals surface area contributed by atoms with Gasteiger partial charge in [-0.1, -0.05) is 18.2 Å². The van der Waals surface area contributed by atoms with E-state index in [1.54, 1.807) is 19.1 Å². The van der Waals surface area contributed by atoms with Gasteiger partial charge in [-0.3, -0.25) is 14.9 Å². The summed E-state index contributed by atoms with van der Waals surface area (Å²) in [6, 6.07) is 10.5. The SMILES string of the molecule is Cc1sc(C(=O)NC(c2ccc(F)cc2)c2cccs2)cc1[N+](=O)[O-]. The number of halogens is 1. The van der Waals surface area contributed by atoms with E-state index in [1.807, 2.05) is 17.5 Å². The Kier molecular flexibility index (Phi) is 4.91. The van der Waals surface area contributed by atoms with Crippen LogP contribution in [0.3, 0.4) is 0 Å². The molecule has 128 valence electrons. The van der Waals surface area contributed by atoms with Gasteiger partial charge in [0, 0.05) is 10.9 Å². The fraction of sp³-hybridized carbons (Fsp3) is 0.118. The van der Waals surface area contributed by atoms with Crippen LogP contribution in [0.15, 0.2) is 47.8 Å². The lowest BCUT2D eigenvalue weighted by atomic mass is 10.1. The van der Waals surface area contributed by atoms with Crippen molar-refractivity contribution < 1.29 is 14.1 Å². The monoisotopic (exact) mass is 376 g/mol. The summed E-state index contributed by atoms with van der Waals surface area (Å²) >= 11 is 2.54. The molecule has 2 heterocycles. The average molecular weight is 376 g/mol. The van der Waals surface area contributed by atoms with Gasteiger partial charge in [0.25, 0.3) is 11.6 Å². The Morgan fingerprint density at radius 3 is 2.56 bits per heavy atom. The van der Waals surface area contributed by atoms with Crippen molar-refractivity contribution in [3.63, 3.8) is 0 Å². The van der Waals surface area contributed by atoms with Crippen LogP contribution in [0.4, 0.5) is 10.1 Å². The van der Waals surface area contributed by atoms with E-state index in [1.165, 1.54) is 29.5 Å². The third-order valence-corrected chi connectivity index (χ3v) is 5.59. The zero-order chi connectivity index (χ0) is 18.0. The second kappa shape index (κ2) is 7.12. The second-order valence-electron chi connectivity index (χ2n) is 5.28. The van der Waals surface area contributed by atoms with E-state index < -0.39 is 16.9 Å². The molecule has 1 unspecified atom stereocenters. The number of hydrogen-bond acceptors (Lipinski definition) is 5. The first kappa shape index (κ1) is 17.2. The van der Waals surface area contributed by atoms with Crippen molar-refractivity contribution in [1.82, 2.24) is 5.32 Å². The third kappa shape index (κ3) is 3.75. The summed E-state index contributed by atoms with van der Waals surface area (Å²) in [5.41, 5.74) is 0.671. The summed E-state index contributed by atoms with van der Waals surface area (Å²) in [5, 5.41) is 15.7. The van der Waals surface area contributed by atoms with Crippen LogP contribution >= 0.6 is 22.7 Å². The zero-order valence-corrected chi connectivity index (χ0v) is 14.7. The summed E-state index contributed by atoms with van der Waals surface area (Å²) in [5.74, 6) is -0.756. The molecule has 1 amide bonds. The fourth-order valence-electron chi connectivity index (χ4n) is 2.40. The van der Waals surface area contributed by atoms with Crippen molar-refractivity contribution in [2.24, 2.45) is 0 Å². The van der Waals surface area contributed by atoms with Gasteiger partial charge < -0.3 is 5.32 Å². The molecule has 0 fully saturated rings. The summed E-state index contributed by atoms with van der Waals surface area (Å²) in [6.45, 7) is 1.61. The van der Waals surface area contributed by atoms with Gasteiger partial charge >= 0.3 is 0 Å². The number of nitrogens with one attached hydrogen (secondary N) is 1. The Bertz CT molecular complexity index is 905. The number of nitro groups is 1. The quantitative estimate of drug-likeness (QED) is 0.519. The number of thiophene rings is 2. The predicted molar refractivity (Wildman–Crippen MR) is 95.7 cm³/mol. The Hall–Kier alpha value is -2.58. The molecule has 0 saturated carbocycles. The van der Waals surface area contributed by atoms with Crippen molar-refractivity contribution in [3.05, 3.63) is 84.0 Å². The molecule has 0 saturated heterocycles. The highest BCUT2D eigenvalue weighted by Gasteiger charge is 2.23. The first-order valence-corrected chi connectivity index (χ1v) is 9.00. The molecule has 0 aliphatic carbocycles. The van der Waals surface area contributed by atoms with Crippen LogP contribution in [-0.4, -0.2) is 10.8 Å². The number of benzene rings is 1. The van der Waals surface area contributed by atoms with E-state index in [9.17, 15) is 19.3 Å². The van der Waals surface area contributed by atoms with Crippen molar-refractivity contribution in [2.75, 3.05) is 0 Å². The largest absolute Gasteiger partial charge is 0.340 e. The number of amides is 1. The lowest BCUT2D eigenvalue weighted by Gasteiger charge is -2.17. The predicted octanol–water partition coefficient (Wildman–Crippen LogP) is 4.68. The molecule has 1 aromatic carbocycles. The van der Waals surface area contributed by atoms with Gasteiger partial charge in [-0.05, 0) is 36.1 Å². The summed E-state index contributed by atoms with van der Waals surface area (Å²) in [6.07, 6.45) is 0. The van der Waals surface area contributed by atoms with Crippen LogP contribution in [-0.2, 0) is 0 Å². The highest BCUT2D eigenvalue weighted by Crippen LogP contribution is 2.30. The molecule has 0 bridgehead atoms. The van der Waals surface area contributed by atoms with Gasteiger partial charge in [0.15, 0.2) is 0 Å². The normalized spacial score (nSPS) is 11.9. The maximum atomic E-state index is 13.2. The molecular weight excluding hydrogens is 363 g/mol. The van der Waals surface area contributed by atoms with Gasteiger partial charge in [-0.25, -0.2) is 4.39 Å². The van der Waals surface area contributed by atoms with Crippen LogP contribution in [0.1, 0.15) is 31.0 Å². The number of hydrogen-bond donors (Lipinski definition) is 1. The Morgan fingerprint density at radius 2 is 2.00 bits per heavy atom. The lowest BCUT2D eigenvalue weighted by molar-refractivity contribution is -0.385. The molecule has 0 aliphatic heterocycles. The van der Waals surface area contributed by atoms with Crippen molar-refractivity contribution in [1.29, 1.82) is 0 Å². The number of nitrogens with zero attached hydrogens (tertiary/aromatic N) is 1. The molecule has 2 aromatic heterocycles. The van der Waals surface area contributed by atoms with Gasteiger partial charge in [0.05, 0.1) is 20.7 Å². The van der Waals surface area contributed by atoms with Crippen molar-refractivity contribution in [3.8, 4) is 0 Å². The van der Waals surface area contributed by atoms with E-state index in [-0.39, 0.29) is 16.4 Å². The molecule has 0 radical (unpaired) electrons. The summed E-state index contributed by atoms with van der Waals surface area (Å²) in [4.78, 5) is 24.7. The van der Waals surface area contributed by atoms with Gasteiger partial charge in [0.2, 0.25) is 0 Å². The Labute approximate surface area is 150 Å². The fourth-order valence-corrected chi connectivity index (χ4v) is 4.09. The second-order valence-corrected chi connectivity index (χ2v) is 7.52. The highest BCUT2D eigenvalue weighted by atomic mass is 32.1. The Balaban J connectivity index is 1.90. The highest BCUT2D eigenvalue weighted by molar-refractivity contribution is 7.14. The van der Waals surface area contributed by atoms with Crippen LogP contribution in [0.25, 0.3) is 0 Å². The zero-order valence-electron chi connectivity index (χ0n) is 13.1. The minimum absolute atomic E-state index is 0.0652. The number of aryl methyl sites for hydroxylation is 1. The van der Waals surface area contributed by atoms with E-state index >= 15 is 0 Å². The van der Waals surface area contributed by atoms with E-state index in [2.05, 4.69) is 5.32 Å². The molecule has 1 atom stereocenters. The number of rotatable bonds is 5. The van der Waals surface area contributed by atoms with Crippen LogP contribution in [0.5, 0.6) is 0 Å². The molecular formula is C17H13FN2O3S2.